The zero-order valence-electron chi connectivity index (χ0n) is 21.4. The van der Waals surface area contributed by atoms with Crippen molar-refractivity contribution >= 4 is 50.9 Å². The summed E-state index contributed by atoms with van der Waals surface area (Å²) in [5.41, 5.74) is 1.07. The summed E-state index contributed by atoms with van der Waals surface area (Å²) in [6, 6.07) is 15.7. The summed E-state index contributed by atoms with van der Waals surface area (Å²) in [6.45, 7) is 6.18. The van der Waals surface area contributed by atoms with Gasteiger partial charge in [-0.3, -0.25) is 14.4 Å². The van der Waals surface area contributed by atoms with Crippen LogP contribution in [0, 0.1) is 5.82 Å². The third-order valence-corrected chi connectivity index (χ3v) is 6.54. The summed E-state index contributed by atoms with van der Waals surface area (Å²) in [7, 11) is 1.47. The third-order valence-electron chi connectivity index (χ3n) is 5.71. The number of nitrogens with zero attached hydrogens (tertiary/aromatic N) is 2. The van der Waals surface area contributed by atoms with Crippen LogP contribution >= 0.6 is 27.5 Å². The lowest BCUT2D eigenvalue weighted by atomic mass is 10.1. The standard InChI is InChI=1S/C28H28BrClFN3O4/c1-5-34(17(2)3)27(36)21-15-20(11-12-22(21)30)32-26(35)28(37)33(4)16-18-8-6-7-9-24(18)38-25-13-10-19(29)14-23(25)31/h6-15,17H,5,16H2,1-4H3,(H,32,35). The fraction of sp³-hybridized carbons (Fsp3) is 0.250. The van der Waals surface area contributed by atoms with Gasteiger partial charge in [-0.1, -0.05) is 45.7 Å². The predicted molar refractivity (Wildman–Crippen MR) is 149 cm³/mol. The van der Waals surface area contributed by atoms with Gasteiger partial charge in [-0.05, 0) is 63.2 Å². The van der Waals surface area contributed by atoms with Crippen LogP contribution in [0.3, 0.4) is 0 Å². The molecule has 0 aliphatic heterocycles. The number of amides is 3. The van der Waals surface area contributed by atoms with Gasteiger partial charge >= 0.3 is 11.8 Å². The summed E-state index contributed by atoms with van der Waals surface area (Å²) in [4.78, 5) is 41.4. The lowest BCUT2D eigenvalue weighted by Crippen LogP contribution is -2.37. The van der Waals surface area contributed by atoms with Crippen LogP contribution in [0.1, 0.15) is 36.7 Å². The molecule has 38 heavy (non-hydrogen) atoms. The first-order valence-corrected chi connectivity index (χ1v) is 13.1. The monoisotopic (exact) mass is 603 g/mol. The lowest BCUT2D eigenvalue weighted by molar-refractivity contribution is -0.142. The van der Waals surface area contributed by atoms with Crippen molar-refractivity contribution in [2.75, 3.05) is 18.9 Å². The summed E-state index contributed by atoms with van der Waals surface area (Å²) < 4.78 is 20.6. The minimum Gasteiger partial charge on any atom is -0.454 e. The van der Waals surface area contributed by atoms with Crippen molar-refractivity contribution in [3.63, 3.8) is 0 Å². The minimum absolute atomic E-state index is 0.0274. The van der Waals surface area contributed by atoms with Gasteiger partial charge in [0.05, 0.1) is 10.6 Å². The van der Waals surface area contributed by atoms with E-state index in [1.807, 2.05) is 20.8 Å². The fourth-order valence-electron chi connectivity index (χ4n) is 3.76. The number of anilines is 1. The maximum atomic E-state index is 14.3. The maximum absolute atomic E-state index is 14.3. The number of hydrogen-bond acceptors (Lipinski definition) is 4. The maximum Gasteiger partial charge on any atom is 0.313 e. The molecule has 0 atom stereocenters. The number of likely N-dealkylation sites (N-methyl/N-ethyl adjacent to an activating group) is 1. The molecule has 0 heterocycles. The molecule has 0 bridgehead atoms. The second kappa shape index (κ2) is 12.9. The van der Waals surface area contributed by atoms with Crippen LogP contribution in [0.5, 0.6) is 11.5 Å². The van der Waals surface area contributed by atoms with Gasteiger partial charge in [0.25, 0.3) is 5.91 Å². The zero-order valence-corrected chi connectivity index (χ0v) is 23.8. The number of carbonyl (C=O) groups is 3. The molecule has 1 N–H and O–H groups in total. The van der Waals surface area contributed by atoms with Gasteiger partial charge in [-0.2, -0.15) is 0 Å². The predicted octanol–water partition coefficient (Wildman–Crippen LogP) is 6.50. The zero-order chi connectivity index (χ0) is 28.0. The Morgan fingerprint density at radius 2 is 1.76 bits per heavy atom. The molecule has 7 nitrogen and oxygen atoms in total. The molecule has 0 spiro atoms. The van der Waals surface area contributed by atoms with Crippen molar-refractivity contribution in [3.8, 4) is 11.5 Å². The highest BCUT2D eigenvalue weighted by Crippen LogP contribution is 2.30. The van der Waals surface area contributed by atoms with Crippen LogP contribution in [-0.4, -0.2) is 47.2 Å². The van der Waals surface area contributed by atoms with Crippen molar-refractivity contribution in [1.29, 1.82) is 0 Å². The highest BCUT2D eigenvalue weighted by Gasteiger charge is 2.23. The van der Waals surface area contributed by atoms with Crippen LogP contribution < -0.4 is 10.1 Å². The van der Waals surface area contributed by atoms with Crippen LogP contribution in [0.15, 0.2) is 65.1 Å². The van der Waals surface area contributed by atoms with Crippen molar-refractivity contribution < 1.29 is 23.5 Å². The Hall–Kier alpha value is -3.43. The number of hydrogen-bond donors (Lipinski definition) is 1. The SMILES string of the molecule is CCN(C(=O)c1cc(NC(=O)C(=O)N(C)Cc2ccccc2Oc2ccc(Br)cc2F)ccc1Cl)C(C)C. The van der Waals surface area contributed by atoms with Gasteiger partial charge < -0.3 is 19.9 Å². The summed E-state index contributed by atoms with van der Waals surface area (Å²) >= 11 is 9.46. The molecular weight excluding hydrogens is 577 g/mol. The van der Waals surface area contributed by atoms with Crippen molar-refractivity contribution in [2.24, 2.45) is 0 Å². The molecule has 0 aliphatic carbocycles. The Morgan fingerprint density at radius 3 is 2.42 bits per heavy atom. The van der Waals surface area contributed by atoms with Gasteiger partial charge in [-0.25, -0.2) is 4.39 Å². The van der Waals surface area contributed by atoms with Crippen molar-refractivity contribution in [1.82, 2.24) is 9.80 Å². The van der Waals surface area contributed by atoms with E-state index in [9.17, 15) is 18.8 Å². The number of carbonyl (C=O) groups excluding carboxylic acids is 3. The highest BCUT2D eigenvalue weighted by atomic mass is 79.9. The second-order valence-corrected chi connectivity index (χ2v) is 10.1. The Kier molecular flexibility index (Phi) is 9.88. The normalized spacial score (nSPS) is 10.7. The minimum atomic E-state index is -0.887. The highest BCUT2D eigenvalue weighted by molar-refractivity contribution is 9.10. The fourth-order valence-corrected chi connectivity index (χ4v) is 4.29. The molecular formula is C28H28BrClFN3O4. The first-order valence-electron chi connectivity index (χ1n) is 11.9. The van der Waals surface area contributed by atoms with E-state index in [4.69, 9.17) is 16.3 Å². The Morgan fingerprint density at radius 1 is 1.05 bits per heavy atom. The van der Waals surface area contributed by atoms with Crippen LogP contribution in [0.2, 0.25) is 5.02 Å². The lowest BCUT2D eigenvalue weighted by Gasteiger charge is -2.25. The Labute approximate surface area is 234 Å². The van der Waals surface area contributed by atoms with E-state index in [1.165, 1.54) is 42.3 Å². The molecule has 3 rings (SSSR count). The van der Waals surface area contributed by atoms with Gasteiger partial charge in [0.15, 0.2) is 11.6 Å². The number of para-hydroxylation sites is 1. The van der Waals surface area contributed by atoms with Gasteiger partial charge in [0, 0.05) is 41.9 Å². The molecule has 3 aromatic rings. The van der Waals surface area contributed by atoms with Crippen molar-refractivity contribution in [2.45, 2.75) is 33.4 Å². The Bertz CT molecular complexity index is 1350. The molecule has 200 valence electrons. The van der Waals surface area contributed by atoms with Crippen LogP contribution in [0.4, 0.5) is 10.1 Å². The van der Waals surface area contributed by atoms with E-state index in [0.717, 1.165) is 0 Å². The average molecular weight is 605 g/mol. The van der Waals surface area contributed by atoms with E-state index in [1.54, 1.807) is 35.2 Å². The molecule has 10 heteroatoms. The van der Waals surface area contributed by atoms with Crippen LogP contribution in [-0.2, 0) is 16.1 Å². The third kappa shape index (κ3) is 7.11. The topological polar surface area (TPSA) is 79.0 Å². The van der Waals surface area contributed by atoms with Crippen LogP contribution in [0.25, 0.3) is 0 Å². The van der Waals surface area contributed by atoms with Gasteiger partial charge in [0.1, 0.15) is 5.75 Å². The average Bonchev–Trinajstić information content (AvgIpc) is 2.87. The van der Waals surface area contributed by atoms with E-state index in [0.29, 0.717) is 22.3 Å². The second-order valence-electron chi connectivity index (χ2n) is 8.78. The van der Waals surface area contributed by atoms with Gasteiger partial charge in [0.2, 0.25) is 0 Å². The summed E-state index contributed by atoms with van der Waals surface area (Å²) in [5.74, 6) is -2.14. The molecule has 0 radical (unpaired) electrons. The van der Waals surface area contributed by atoms with E-state index in [2.05, 4.69) is 21.2 Å². The summed E-state index contributed by atoms with van der Waals surface area (Å²) in [6.07, 6.45) is 0. The van der Waals surface area contributed by atoms with E-state index >= 15 is 0 Å². The largest absolute Gasteiger partial charge is 0.454 e. The molecule has 0 aromatic heterocycles. The molecule has 3 amide bonds. The molecule has 0 aliphatic rings. The number of halogens is 3. The number of benzene rings is 3. The smallest absolute Gasteiger partial charge is 0.313 e. The number of rotatable bonds is 8. The number of ether oxygens (including phenoxy) is 1. The van der Waals surface area contributed by atoms with E-state index in [-0.39, 0.29) is 40.5 Å². The molecule has 0 unspecified atom stereocenters. The Balaban J connectivity index is 1.72. The van der Waals surface area contributed by atoms with Gasteiger partial charge in [-0.15, -0.1) is 0 Å². The quantitative estimate of drug-likeness (QED) is 0.298. The molecule has 0 fully saturated rings. The first-order chi connectivity index (χ1) is 18.0. The molecule has 0 saturated heterocycles. The molecule has 0 saturated carbocycles. The number of nitrogens with one attached hydrogen (secondary N) is 1. The molecule has 3 aromatic carbocycles. The summed E-state index contributed by atoms with van der Waals surface area (Å²) in [5, 5.41) is 2.78. The van der Waals surface area contributed by atoms with Crippen molar-refractivity contribution in [3.05, 3.63) is 87.1 Å². The first kappa shape index (κ1) is 29.1. The van der Waals surface area contributed by atoms with E-state index < -0.39 is 17.6 Å².